The van der Waals surface area contributed by atoms with Gasteiger partial charge in [0.25, 0.3) is 7.82 Å². The van der Waals surface area contributed by atoms with Crippen LogP contribution in [0.2, 0.25) is 0 Å². The van der Waals surface area contributed by atoms with Crippen LogP contribution in [0.5, 0.6) is 0 Å². The Morgan fingerprint density at radius 1 is 0.395 bits per heavy atom. The van der Waals surface area contributed by atoms with Gasteiger partial charge in [0.1, 0.15) is 13.2 Å². The minimum Gasteiger partial charge on any atom is -0.756 e. The predicted molar refractivity (Wildman–Crippen MR) is 376 cm³/mol. The molecule has 0 aromatic rings. The molecule has 3 atom stereocenters. The van der Waals surface area contributed by atoms with E-state index in [-0.39, 0.29) is 19.1 Å². The molecule has 0 rings (SSSR count). The molecule has 8 nitrogen and oxygen atoms in total. The van der Waals surface area contributed by atoms with Gasteiger partial charge < -0.3 is 28.8 Å². The lowest BCUT2D eigenvalue weighted by molar-refractivity contribution is -0.870. The predicted octanol–water partition coefficient (Wildman–Crippen LogP) is 24.6. The Balaban J connectivity index is 3.88. The maximum atomic E-state index is 13.1. The first-order valence-electron chi connectivity index (χ1n) is 39.0. The number of phosphoric acid groups is 1. The molecule has 0 aliphatic heterocycles. The van der Waals surface area contributed by atoms with Crippen molar-refractivity contribution in [2.75, 3.05) is 40.9 Å². The fraction of sp³-hybridized carbons (Fsp3) is 0.961. The van der Waals surface area contributed by atoms with E-state index >= 15 is 0 Å². The van der Waals surface area contributed by atoms with Crippen LogP contribution in [-0.4, -0.2) is 68.5 Å². The van der Waals surface area contributed by atoms with Crippen LogP contribution in [0.4, 0.5) is 0 Å². The molecule has 0 aliphatic carbocycles. The van der Waals surface area contributed by atoms with Gasteiger partial charge in [-0.2, -0.15) is 0 Å². The zero-order chi connectivity index (χ0) is 62.6. The van der Waals surface area contributed by atoms with Crippen LogP contribution in [0.3, 0.4) is 0 Å². The second-order valence-corrected chi connectivity index (χ2v) is 29.8. The van der Waals surface area contributed by atoms with E-state index < -0.39 is 20.0 Å². The Kier molecular flexibility index (Phi) is 68.0. The number of rotatable bonds is 74. The number of likely N-dealkylation sites (N-methyl/N-ethyl adjacent to an activating group) is 1. The van der Waals surface area contributed by atoms with Crippen molar-refractivity contribution in [1.82, 2.24) is 5.32 Å². The molecule has 0 aliphatic rings. The van der Waals surface area contributed by atoms with Crippen molar-refractivity contribution in [3.05, 3.63) is 12.2 Å². The largest absolute Gasteiger partial charge is 0.756 e. The maximum absolute atomic E-state index is 13.1. The number of phosphoric ester groups is 1. The highest BCUT2D eigenvalue weighted by molar-refractivity contribution is 7.45. The van der Waals surface area contributed by atoms with Crippen LogP contribution < -0.4 is 10.2 Å². The Hall–Kier alpha value is -0.760. The highest BCUT2D eigenvalue weighted by atomic mass is 31.2. The van der Waals surface area contributed by atoms with Gasteiger partial charge in [-0.1, -0.05) is 392 Å². The highest BCUT2D eigenvalue weighted by Gasteiger charge is 2.24. The molecule has 0 saturated heterocycles. The molecule has 0 bridgehead atoms. The van der Waals surface area contributed by atoms with Crippen LogP contribution in [0.15, 0.2) is 12.2 Å². The van der Waals surface area contributed by atoms with Crippen LogP contribution >= 0.6 is 7.82 Å². The summed E-state index contributed by atoms with van der Waals surface area (Å²) in [7, 11) is 1.33. The lowest BCUT2D eigenvalue weighted by Crippen LogP contribution is -2.46. The molecule has 0 spiro atoms. The summed E-state index contributed by atoms with van der Waals surface area (Å²) in [6.07, 6.45) is 89.0. The maximum Gasteiger partial charge on any atom is 0.268 e. The van der Waals surface area contributed by atoms with E-state index in [0.717, 1.165) is 38.5 Å². The molecular formula is C77H155N2O6P. The highest BCUT2D eigenvalue weighted by Crippen LogP contribution is 2.38. The van der Waals surface area contributed by atoms with E-state index in [9.17, 15) is 19.4 Å². The standard InChI is InChI=1S/C77H155N2O6P/c1-6-8-10-12-14-16-18-20-22-24-26-28-30-32-33-34-35-36-37-38-39-40-41-42-43-44-45-47-49-51-53-55-57-59-61-63-65-67-69-71-77(81)78-75(74-85-86(82,83)84-73-72-79(3,4)5)76(80)70-68-66-64-62-60-58-56-54-52-50-48-46-31-29-27-25-23-21-19-17-15-13-11-9-7-2/h24,26,75-76,80H,6-23,25,27-74H2,1-5H3,(H-,78,81,82,83)/b26-24-. The monoisotopic (exact) mass is 1240 g/mol. The van der Waals surface area contributed by atoms with Crippen molar-refractivity contribution in [2.45, 2.75) is 437 Å². The fourth-order valence-corrected chi connectivity index (χ4v) is 13.2. The second kappa shape index (κ2) is 68.6. The first kappa shape index (κ1) is 85.2. The molecule has 0 fully saturated rings. The zero-order valence-electron chi connectivity index (χ0n) is 59.1. The van der Waals surface area contributed by atoms with Gasteiger partial charge in [0, 0.05) is 6.42 Å². The minimum absolute atomic E-state index is 0.0164. The summed E-state index contributed by atoms with van der Waals surface area (Å²) >= 11 is 0. The van der Waals surface area contributed by atoms with E-state index in [1.54, 1.807) is 0 Å². The van der Waals surface area contributed by atoms with Crippen molar-refractivity contribution in [1.29, 1.82) is 0 Å². The number of amides is 1. The average Bonchev–Trinajstić information content (AvgIpc) is 3.70. The fourth-order valence-electron chi connectivity index (χ4n) is 12.5. The third-order valence-corrected chi connectivity index (χ3v) is 19.5. The number of hydrogen-bond donors (Lipinski definition) is 2. The molecule has 514 valence electrons. The van der Waals surface area contributed by atoms with Gasteiger partial charge in [-0.05, 0) is 38.5 Å². The summed E-state index contributed by atoms with van der Waals surface area (Å²) in [5, 5.41) is 14.1. The van der Waals surface area contributed by atoms with Gasteiger partial charge in [0.05, 0.1) is 39.9 Å². The molecule has 9 heteroatoms. The summed E-state index contributed by atoms with van der Waals surface area (Å²) in [6, 6.07) is -0.798. The second-order valence-electron chi connectivity index (χ2n) is 28.4. The topological polar surface area (TPSA) is 108 Å². The average molecular weight is 1240 g/mol. The third kappa shape index (κ3) is 70.7. The van der Waals surface area contributed by atoms with E-state index in [4.69, 9.17) is 9.05 Å². The number of unbranched alkanes of at least 4 members (excludes halogenated alkanes) is 59. The summed E-state index contributed by atoms with van der Waals surface area (Å²) in [5.74, 6) is -0.153. The number of quaternary nitrogens is 1. The zero-order valence-corrected chi connectivity index (χ0v) is 60.0. The number of allylic oxidation sites excluding steroid dienone is 2. The molecule has 2 N–H and O–H groups in total. The Morgan fingerprint density at radius 3 is 0.907 bits per heavy atom. The number of hydrogen-bond acceptors (Lipinski definition) is 6. The molecule has 0 heterocycles. The molecule has 0 radical (unpaired) electrons. The normalized spacial score (nSPS) is 13.5. The lowest BCUT2D eigenvalue weighted by Gasteiger charge is -2.30. The molecule has 3 unspecified atom stereocenters. The number of carbonyl (C=O) groups is 1. The smallest absolute Gasteiger partial charge is 0.268 e. The van der Waals surface area contributed by atoms with Gasteiger partial charge in [-0.3, -0.25) is 9.36 Å². The molecule has 86 heavy (non-hydrogen) atoms. The third-order valence-electron chi connectivity index (χ3n) is 18.5. The number of nitrogens with zero attached hydrogens (tertiary/aromatic N) is 1. The van der Waals surface area contributed by atoms with E-state index in [2.05, 4.69) is 31.3 Å². The number of carbonyl (C=O) groups excluding carboxylic acids is 1. The molecular weight excluding hydrogens is 1080 g/mol. The number of nitrogens with one attached hydrogen (secondary N) is 1. The first-order valence-corrected chi connectivity index (χ1v) is 40.5. The minimum atomic E-state index is -4.58. The van der Waals surface area contributed by atoms with Gasteiger partial charge >= 0.3 is 0 Å². The van der Waals surface area contributed by atoms with Crippen molar-refractivity contribution in [2.24, 2.45) is 0 Å². The van der Waals surface area contributed by atoms with Gasteiger partial charge in [-0.15, -0.1) is 0 Å². The van der Waals surface area contributed by atoms with E-state index in [1.807, 2.05) is 21.1 Å². The SMILES string of the molecule is CCCCCCCCCC/C=C\CCCCCCCCCCCCCCCCCCCCCCCCCCCCCC(=O)NC(COP(=O)([O-])OCC[N+](C)(C)C)C(O)CCCCCCCCCCCCCCCCCCCCCCCCCCC. The Bertz CT molecular complexity index is 1410. The van der Waals surface area contributed by atoms with Gasteiger partial charge in [-0.25, -0.2) is 0 Å². The number of aliphatic hydroxyl groups is 1. The van der Waals surface area contributed by atoms with Crippen molar-refractivity contribution in [3.8, 4) is 0 Å². The van der Waals surface area contributed by atoms with E-state index in [1.165, 1.54) is 360 Å². The van der Waals surface area contributed by atoms with Gasteiger partial charge in [0.15, 0.2) is 0 Å². The van der Waals surface area contributed by atoms with Crippen molar-refractivity contribution in [3.63, 3.8) is 0 Å². The van der Waals surface area contributed by atoms with Gasteiger partial charge in [0.2, 0.25) is 5.91 Å². The Labute approximate surface area is 539 Å². The molecule has 1 amide bonds. The van der Waals surface area contributed by atoms with E-state index in [0.29, 0.717) is 23.9 Å². The van der Waals surface area contributed by atoms with Crippen LogP contribution in [0.1, 0.15) is 425 Å². The summed E-state index contributed by atoms with van der Waals surface area (Å²) in [6.45, 7) is 4.80. The molecule has 0 aromatic heterocycles. The summed E-state index contributed by atoms with van der Waals surface area (Å²) in [5.41, 5.74) is 0. The van der Waals surface area contributed by atoms with Crippen LogP contribution in [0, 0.1) is 0 Å². The van der Waals surface area contributed by atoms with Crippen molar-refractivity contribution >= 4 is 13.7 Å². The number of aliphatic hydroxyl groups excluding tert-OH is 1. The lowest BCUT2D eigenvalue weighted by atomic mass is 10.0. The molecule has 0 aromatic carbocycles. The quantitative estimate of drug-likeness (QED) is 0.0272. The van der Waals surface area contributed by atoms with Crippen LogP contribution in [-0.2, 0) is 18.4 Å². The summed E-state index contributed by atoms with van der Waals surface area (Å²) in [4.78, 5) is 25.7. The van der Waals surface area contributed by atoms with Crippen LogP contribution in [0.25, 0.3) is 0 Å². The summed E-state index contributed by atoms with van der Waals surface area (Å²) < 4.78 is 23.6. The molecule has 0 saturated carbocycles. The first-order chi connectivity index (χ1) is 42.0. The van der Waals surface area contributed by atoms with Crippen molar-refractivity contribution < 1.29 is 32.9 Å². The Morgan fingerprint density at radius 2 is 0.640 bits per heavy atom.